The van der Waals surface area contributed by atoms with Crippen LogP contribution in [0.5, 0.6) is 11.5 Å². The summed E-state index contributed by atoms with van der Waals surface area (Å²) >= 11 is -2.37. The van der Waals surface area contributed by atoms with Crippen LogP contribution >= 0.6 is 0 Å². The number of imidazole rings is 1. The second-order valence-electron chi connectivity index (χ2n) is 18.3. The molecule has 12 rings (SSSR count). The third-order valence-corrected chi connectivity index (χ3v) is 20.4. The van der Waals surface area contributed by atoms with Gasteiger partial charge in [-0.2, -0.15) is 12.1 Å². The van der Waals surface area contributed by atoms with Crippen molar-refractivity contribution in [1.82, 2.24) is 14.1 Å². The molecule has 68 heavy (non-hydrogen) atoms. The molecule has 11 aromatic rings. The summed E-state index contributed by atoms with van der Waals surface area (Å²) in [6.07, 6.45) is 6.52. The van der Waals surface area contributed by atoms with Crippen molar-refractivity contribution in [2.45, 2.75) is 42.4 Å². The molecule has 4 heterocycles. The number of benzene rings is 8. The molecular weight excluding hydrogens is 1070 g/mol. The van der Waals surface area contributed by atoms with E-state index in [4.69, 9.17) is 23.4 Å². The van der Waals surface area contributed by atoms with Crippen molar-refractivity contribution < 1.29 is 44.1 Å². The van der Waals surface area contributed by atoms with Gasteiger partial charge in [-0.1, -0.05) is 103 Å². The fourth-order valence-corrected chi connectivity index (χ4v) is 17.5. The van der Waals surface area contributed by atoms with Crippen molar-refractivity contribution >= 4 is 50.5 Å². The smallest absolute Gasteiger partial charge is 0.173 e. The van der Waals surface area contributed by atoms with E-state index in [1.807, 2.05) is 66.9 Å². The zero-order valence-corrected chi connectivity index (χ0v) is 42.0. The van der Waals surface area contributed by atoms with Crippen molar-refractivity contribution in [2.75, 3.05) is 0 Å². The van der Waals surface area contributed by atoms with Crippen molar-refractivity contribution in [1.29, 1.82) is 0 Å². The van der Waals surface area contributed by atoms with Crippen LogP contribution < -0.4 is 13.7 Å². The Kier molecular flexibility index (Phi) is 8.60. The predicted octanol–water partition coefficient (Wildman–Crippen LogP) is 14.2. The molecule has 334 valence electrons. The van der Waals surface area contributed by atoms with Crippen LogP contribution in [0.25, 0.3) is 83.4 Å². The molecule has 5 nitrogen and oxygen atoms in total. The van der Waals surface area contributed by atoms with Crippen LogP contribution in [0.1, 0.15) is 39.5 Å². The first-order chi connectivity index (χ1) is 36.9. The summed E-state index contributed by atoms with van der Waals surface area (Å²) in [6.45, 7) is 4.74. The van der Waals surface area contributed by atoms with Crippen LogP contribution in [0.3, 0.4) is 0 Å². The fraction of sp³-hybridized carbons (Fsp3) is 0.115. The van der Waals surface area contributed by atoms with E-state index in [2.05, 4.69) is 90.9 Å². The Morgan fingerprint density at radius 3 is 2.09 bits per heavy atom. The average Bonchev–Trinajstić information content (AvgIpc) is 4.09. The standard InChI is InChI=1S/C61H48GeN4O.Pt/c1-61(2)35-36-62(3,4)59-48(25-17-28-53(59)61)44-34-37-63-58(38-44)66-54-29-12-11-24-51(54)52-33-32-47(40-57(52)66)67-46-23-15-22-45(39-46)64-41-65(56-31-14-13-30-55(56)64)60-49(42-18-7-5-8-19-42)26-16-27-50(60)43-20-9-6-10-21-43;/h5-34,37-38H,35-36H2,1-4H3;/q-2;/i5D,6D,7D,8D,9D,10D,18D,19D,20D,21D;. The fourth-order valence-electron chi connectivity index (χ4n) is 9.96. The summed E-state index contributed by atoms with van der Waals surface area (Å²) in [4.78, 5) is 4.99. The van der Waals surface area contributed by atoms with Crippen molar-refractivity contribution in [2.24, 2.45) is 0 Å². The Hall–Kier alpha value is -6.79. The third-order valence-electron chi connectivity index (χ3n) is 13.3. The van der Waals surface area contributed by atoms with E-state index in [9.17, 15) is 0 Å². The first kappa shape index (κ1) is 33.6. The van der Waals surface area contributed by atoms with Gasteiger partial charge in [0.15, 0.2) is 0 Å². The van der Waals surface area contributed by atoms with E-state index < -0.39 is 73.7 Å². The SMILES string of the molecule is [2H]c1c([2H])c([2H])c(-c2cccc(-c3c([2H])c([2H])c([2H])c([2H])c3[2H])c2-[n+]2[c-]n(-c3[c-]c(Oc4[c-]c5c(cc4)c4ccccc4n5-c4cc(-c5cccc6[c]5[Ge]([CH3])([CH3])[CH2]CC6(C)C)ccn4)ccc3)c3ccccc32)c([2H])c1[2H].[Pt]. The van der Waals surface area contributed by atoms with Gasteiger partial charge in [-0.3, -0.25) is 4.57 Å². The molecule has 0 atom stereocenters. The number of fused-ring (bicyclic) bond motifs is 5. The topological polar surface area (TPSA) is 35.9 Å². The van der Waals surface area contributed by atoms with Gasteiger partial charge in [-0.05, 0) is 27.9 Å². The normalized spacial score (nSPS) is 15.9. The van der Waals surface area contributed by atoms with Crippen molar-refractivity contribution in [3.8, 4) is 62.1 Å². The molecule has 0 bridgehead atoms. The molecule has 0 N–H and O–H groups in total. The Bertz CT molecular complexity index is 4160. The van der Waals surface area contributed by atoms with Gasteiger partial charge in [0.2, 0.25) is 0 Å². The van der Waals surface area contributed by atoms with Gasteiger partial charge in [0.05, 0.1) is 30.4 Å². The van der Waals surface area contributed by atoms with E-state index in [0.717, 1.165) is 33.2 Å². The number of pyridine rings is 1. The van der Waals surface area contributed by atoms with E-state index >= 15 is 0 Å². The number of rotatable bonds is 8. The van der Waals surface area contributed by atoms with Crippen LogP contribution in [0, 0.1) is 18.5 Å². The monoisotopic (exact) mass is 1130 g/mol. The Labute approximate surface area is 429 Å². The predicted molar refractivity (Wildman–Crippen MR) is 276 cm³/mol. The molecule has 0 saturated heterocycles. The molecule has 0 aliphatic carbocycles. The molecule has 1 aliphatic heterocycles. The Morgan fingerprint density at radius 1 is 0.662 bits per heavy atom. The van der Waals surface area contributed by atoms with Crippen molar-refractivity contribution in [3.63, 3.8) is 0 Å². The second kappa shape index (κ2) is 17.4. The van der Waals surface area contributed by atoms with E-state index in [-0.39, 0.29) is 54.4 Å². The van der Waals surface area contributed by atoms with E-state index in [1.54, 1.807) is 37.8 Å². The zero-order valence-electron chi connectivity index (χ0n) is 47.6. The van der Waals surface area contributed by atoms with Gasteiger partial charge >= 0.3 is 221 Å². The van der Waals surface area contributed by atoms with Crippen LogP contribution in [0.4, 0.5) is 0 Å². The molecule has 0 spiro atoms. The Balaban J connectivity index is 0.00000645. The first-order valence-corrected chi connectivity index (χ1v) is 29.1. The molecule has 8 aromatic carbocycles. The summed E-state index contributed by atoms with van der Waals surface area (Å²) in [7, 11) is 0. The van der Waals surface area contributed by atoms with Gasteiger partial charge in [0, 0.05) is 21.1 Å². The minimum atomic E-state index is -2.37. The summed E-state index contributed by atoms with van der Waals surface area (Å²) in [5.41, 5.74) is 7.60. The Morgan fingerprint density at radius 2 is 1.32 bits per heavy atom. The molecular formula is C61H48GeN4OPt-2. The van der Waals surface area contributed by atoms with E-state index in [0.29, 0.717) is 28.2 Å². The number of aromatic nitrogens is 4. The first-order valence-electron chi connectivity index (χ1n) is 27.4. The minimum absolute atomic E-state index is 0. The van der Waals surface area contributed by atoms with Gasteiger partial charge in [-0.15, -0.1) is 0 Å². The number of ether oxygens (including phenoxy) is 1. The zero-order chi connectivity index (χ0) is 54.0. The van der Waals surface area contributed by atoms with E-state index in [1.165, 1.54) is 22.8 Å². The van der Waals surface area contributed by atoms with Gasteiger partial charge in [-0.25, -0.2) is 0 Å². The summed E-state index contributed by atoms with van der Waals surface area (Å²) < 4.78 is 101. The van der Waals surface area contributed by atoms with Crippen LogP contribution in [0.2, 0.25) is 16.8 Å². The van der Waals surface area contributed by atoms with Gasteiger partial charge in [0.1, 0.15) is 0 Å². The minimum Gasteiger partial charge on any atom is -0.173 e. The molecule has 7 heteroatoms. The third kappa shape index (κ3) is 7.53. The molecule has 0 amide bonds. The maximum atomic E-state index is 9.05. The molecule has 3 aromatic heterocycles. The summed E-state index contributed by atoms with van der Waals surface area (Å²) in [5.74, 6) is 6.64. The second-order valence-corrected chi connectivity index (χ2v) is 28.3. The number of hydrogen-bond donors (Lipinski definition) is 0. The summed E-state index contributed by atoms with van der Waals surface area (Å²) in [5, 5.41) is 3.31. The van der Waals surface area contributed by atoms with Crippen LogP contribution in [-0.2, 0) is 26.5 Å². The quantitative estimate of drug-likeness (QED) is 0.0864. The van der Waals surface area contributed by atoms with Gasteiger partial charge < -0.3 is 4.57 Å². The summed E-state index contributed by atoms with van der Waals surface area (Å²) in [6, 6.07) is 42.6. The van der Waals surface area contributed by atoms with Crippen LogP contribution in [-0.4, -0.2) is 27.4 Å². The molecule has 0 fully saturated rings. The van der Waals surface area contributed by atoms with Crippen LogP contribution in [0.15, 0.2) is 194 Å². The number of hydrogen-bond acceptors (Lipinski definition) is 2. The number of nitrogens with zero attached hydrogens (tertiary/aromatic N) is 4. The molecule has 0 radical (unpaired) electrons. The molecule has 1 aliphatic rings. The van der Waals surface area contributed by atoms with Crippen molar-refractivity contribution in [3.05, 3.63) is 218 Å². The number of para-hydroxylation sites is 4. The molecule has 0 saturated carbocycles. The average molecular weight is 1130 g/mol. The maximum absolute atomic E-state index is 9.05. The molecule has 0 unspecified atom stereocenters. The van der Waals surface area contributed by atoms with Gasteiger partial charge in [0.25, 0.3) is 6.33 Å².